The van der Waals surface area contributed by atoms with E-state index in [0.29, 0.717) is 26.1 Å². The van der Waals surface area contributed by atoms with Crippen molar-refractivity contribution in [1.29, 1.82) is 0 Å². The lowest BCUT2D eigenvalue weighted by Gasteiger charge is -2.29. The Bertz CT molecular complexity index is 293. The van der Waals surface area contributed by atoms with Crippen molar-refractivity contribution in [3.8, 4) is 12.3 Å². The number of nitrogens with one attached hydrogen (secondary N) is 1. The van der Waals surface area contributed by atoms with Crippen molar-refractivity contribution in [2.75, 3.05) is 26.2 Å². The van der Waals surface area contributed by atoms with E-state index in [-0.39, 0.29) is 24.2 Å². The Morgan fingerprint density at radius 1 is 1.73 bits per heavy atom. The standard InChI is InChI=1S/C11H16N2O2/c1-3-5-12-11(15)8-13-6-4-10(14)9(2)7-13/h1,9H,4-8H2,2H3,(H,12,15). The Labute approximate surface area is 90.0 Å². The highest BCUT2D eigenvalue weighted by atomic mass is 16.2. The molecule has 0 bridgehead atoms. The highest BCUT2D eigenvalue weighted by Gasteiger charge is 2.24. The zero-order chi connectivity index (χ0) is 11.3. The second kappa shape index (κ2) is 5.52. The van der Waals surface area contributed by atoms with Crippen LogP contribution in [0.3, 0.4) is 0 Å². The largest absolute Gasteiger partial charge is 0.344 e. The van der Waals surface area contributed by atoms with Crippen LogP contribution < -0.4 is 5.32 Å². The van der Waals surface area contributed by atoms with Gasteiger partial charge in [-0.1, -0.05) is 12.8 Å². The first-order chi connectivity index (χ1) is 7.13. The number of likely N-dealkylation sites (tertiary alicyclic amines) is 1. The minimum Gasteiger partial charge on any atom is -0.344 e. The Kier molecular flexibility index (Phi) is 4.32. The molecule has 0 aromatic heterocycles. The molecular weight excluding hydrogens is 192 g/mol. The number of hydrogen-bond acceptors (Lipinski definition) is 3. The molecule has 1 N–H and O–H groups in total. The number of terminal acetylenes is 1. The first-order valence-corrected chi connectivity index (χ1v) is 5.08. The summed E-state index contributed by atoms with van der Waals surface area (Å²) in [5.74, 6) is 2.60. The predicted molar refractivity (Wildman–Crippen MR) is 57.1 cm³/mol. The van der Waals surface area contributed by atoms with Gasteiger partial charge in [0.2, 0.25) is 5.91 Å². The molecule has 4 heteroatoms. The highest BCUT2D eigenvalue weighted by molar-refractivity contribution is 5.82. The summed E-state index contributed by atoms with van der Waals surface area (Å²) in [5.41, 5.74) is 0. The van der Waals surface area contributed by atoms with Crippen molar-refractivity contribution < 1.29 is 9.59 Å². The Morgan fingerprint density at radius 2 is 2.47 bits per heavy atom. The normalized spacial score (nSPS) is 22.1. The van der Waals surface area contributed by atoms with E-state index in [1.54, 1.807) is 0 Å². The molecule has 1 unspecified atom stereocenters. The molecule has 1 aliphatic rings. The van der Waals surface area contributed by atoms with Gasteiger partial charge < -0.3 is 5.32 Å². The van der Waals surface area contributed by atoms with Gasteiger partial charge in [-0.25, -0.2) is 0 Å². The summed E-state index contributed by atoms with van der Waals surface area (Å²) in [7, 11) is 0. The van der Waals surface area contributed by atoms with Gasteiger partial charge in [0.15, 0.2) is 0 Å². The number of carbonyl (C=O) groups excluding carboxylic acids is 2. The number of Topliss-reactive ketones (excluding diaryl/α,β-unsaturated/α-hetero) is 1. The average molecular weight is 208 g/mol. The lowest BCUT2D eigenvalue weighted by molar-refractivity contribution is -0.128. The summed E-state index contributed by atoms with van der Waals surface area (Å²) in [4.78, 5) is 24.6. The van der Waals surface area contributed by atoms with Gasteiger partial charge in [-0.05, 0) is 0 Å². The summed E-state index contributed by atoms with van der Waals surface area (Å²) >= 11 is 0. The first kappa shape index (κ1) is 11.7. The van der Waals surface area contributed by atoms with E-state index in [2.05, 4.69) is 11.2 Å². The second-order valence-electron chi connectivity index (χ2n) is 3.83. The molecule has 0 aromatic rings. The maximum Gasteiger partial charge on any atom is 0.234 e. The molecule has 0 aliphatic carbocycles. The fourth-order valence-electron chi connectivity index (χ4n) is 1.65. The smallest absolute Gasteiger partial charge is 0.234 e. The van der Waals surface area contributed by atoms with E-state index in [1.165, 1.54) is 0 Å². The average Bonchev–Trinajstić information content (AvgIpc) is 2.20. The summed E-state index contributed by atoms with van der Waals surface area (Å²) in [6, 6.07) is 0. The molecule has 1 heterocycles. The molecule has 0 spiro atoms. The maximum absolute atomic E-state index is 11.3. The molecule has 1 atom stereocenters. The minimum absolute atomic E-state index is 0.0409. The lowest BCUT2D eigenvalue weighted by atomic mass is 9.99. The van der Waals surface area contributed by atoms with Gasteiger partial charge in [0.25, 0.3) is 0 Å². The van der Waals surface area contributed by atoms with Gasteiger partial charge in [-0.2, -0.15) is 0 Å². The van der Waals surface area contributed by atoms with Gasteiger partial charge in [0, 0.05) is 25.4 Å². The second-order valence-corrected chi connectivity index (χ2v) is 3.83. The number of carbonyl (C=O) groups is 2. The van der Waals surface area contributed by atoms with Gasteiger partial charge in [-0.15, -0.1) is 6.42 Å². The molecule has 1 rings (SSSR count). The van der Waals surface area contributed by atoms with Crippen molar-refractivity contribution in [2.45, 2.75) is 13.3 Å². The van der Waals surface area contributed by atoms with Crippen LogP contribution in [-0.2, 0) is 9.59 Å². The summed E-state index contributed by atoms with van der Waals surface area (Å²) in [6.07, 6.45) is 5.57. The van der Waals surface area contributed by atoms with Crippen LogP contribution in [0.15, 0.2) is 0 Å². The maximum atomic E-state index is 11.3. The van der Waals surface area contributed by atoms with Gasteiger partial charge in [-0.3, -0.25) is 14.5 Å². The van der Waals surface area contributed by atoms with E-state index in [0.717, 1.165) is 0 Å². The van der Waals surface area contributed by atoms with Crippen LogP contribution in [0.2, 0.25) is 0 Å². The zero-order valence-electron chi connectivity index (χ0n) is 8.95. The molecule has 1 amide bonds. The molecule has 1 fully saturated rings. The fourth-order valence-corrected chi connectivity index (χ4v) is 1.65. The van der Waals surface area contributed by atoms with E-state index in [9.17, 15) is 9.59 Å². The summed E-state index contributed by atoms with van der Waals surface area (Å²) in [6.45, 7) is 3.84. The molecule has 0 aromatic carbocycles. The number of nitrogens with zero attached hydrogens (tertiary/aromatic N) is 1. The van der Waals surface area contributed by atoms with Crippen LogP contribution in [0.4, 0.5) is 0 Å². The number of amides is 1. The van der Waals surface area contributed by atoms with Gasteiger partial charge >= 0.3 is 0 Å². The van der Waals surface area contributed by atoms with Gasteiger partial charge in [0.1, 0.15) is 5.78 Å². The quantitative estimate of drug-likeness (QED) is 0.645. The molecule has 4 nitrogen and oxygen atoms in total. The molecule has 1 saturated heterocycles. The summed E-state index contributed by atoms with van der Waals surface area (Å²) < 4.78 is 0. The van der Waals surface area contributed by atoms with Crippen LogP contribution in [0.1, 0.15) is 13.3 Å². The Morgan fingerprint density at radius 3 is 3.07 bits per heavy atom. The van der Waals surface area contributed by atoms with E-state index in [1.807, 2.05) is 11.8 Å². The topological polar surface area (TPSA) is 49.4 Å². The third-order valence-corrected chi connectivity index (χ3v) is 2.51. The highest BCUT2D eigenvalue weighted by Crippen LogP contribution is 2.11. The third-order valence-electron chi connectivity index (χ3n) is 2.51. The van der Waals surface area contributed by atoms with E-state index < -0.39 is 0 Å². The first-order valence-electron chi connectivity index (χ1n) is 5.08. The van der Waals surface area contributed by atoms with E-state index >= 15 is 0 Å². The number of rotatable bonds is 3. The van der Waals surface area contributed by atoms with Crippen molar-refractivity contribution in [2.24, 2.45) is 5.92 Å². The molecule has 82 valence electrons. The minimum atomic E-state index is -0.0745. The Balaban J connectivity index is 2.31. The predicted octanol–water partition coefficient (Wildman–Crippen LogP) is -0.353. The molecular formula is C11H16N2O2. The monoisotopic (exact) mass is 208 g/mol. The van der Waals surface area contributed by atoms with Gasteiger partial charge in [0.05, 0.1) is 13.1 Å². The fraction of sp³-hybridized carbons (Fsp3) is 0.636. The zero-order valence-corrected chi connectivity index (χ0v) is 8.95. The van der Waals surface area contributed by atoms with Crippen molar-refractivity contribution in [3.63, 3.8) is 0 Å². The lowest BCUT2D eigenvalue weighted by Crippen LogP contribution is -2.44. The van der Waals surface area contributed by atoms with Crippen molar-refractivity contribution >= 4 is 11.7 Å². The van der Waals surface area contributed by atoms with Crippen LogP contribution >= 0.6 is 0 Å². The number of piperidine rings is 1. The molecule has 1 aliphatic heterocycles. The van der Waals surface area contributed by atoms with Crippen molar-refractivity contribution in [1.82, 2.24) is 10.2 Å². The number of ketones is 1. The molecule has 15 heavy (non-hydrogen) atoms. The van der Waals surface area contributed by atoms with Crippen LogP contribution in [0.25, 0.3) is 0 Å². The molecule has 0 saturated carbocycles. The van der Waals surface area contributed by atoms with E-state index in [4.69, 9.17) is 6.42 Å². The summed E-state index contributed by atoms with van der Waals surface area (Å²) in [5, 5.41) is 2.60. The number of hydrogen-bond donors (Lipinski definition) is 1. The van der Waals surface area contributed by atoms with Crippen LogP contribution in [0, 0.1) is 18.3 Å². The van der Waals surface area contributed by atoms with Crippen LogP contribution in [0.5, 0.6) is 0 Å². The third kappa shape index (κ3) is 3.72. The molecule has 0 radical (unpaired) electrons. The van der Waals surface area contributed by atoms with Crippen LogP contribution in [-0.4, -0.2) is 42.8 Å². The van der Waals surface area contributed by atoms with Crippen molar-refractivity contribution in [3.05, 3.63) is 0 Å². The Hall–Kier alpha value is -1.34. The SMILES string of the molecule is C#CCNC(=O)CN1CCC(=O)C(C)C1.